The van der Waals surface area contributed by atoms with Gasteiger partial charge in [0, 0.05) is 25.6 Å². The van der Waals surface area contributed by atoms with E-state index < -0.39 is 0 Å². The number of carbonyl (C=O) groups excluding carboxylic acids is 2. The zero-order valence-corrected chi connectivity index (χ0v) is 11.2. The minimum Gasteiger partial charge on any atom is -0.357 e. The summed E-state index contributed by atoms with van der Waals surface area (Å²) in [6, 6.07) is 0.154. The highest BCUT2D eigenvalue weighted by Gasteiger charge is 2.37. The minimum absolute atomic E-state index is 0.0252. The van der Waals surface area contributed by atoms with E-state index in [1.54, 1.807) is 11.9 Å². The summed E-state index contributed by atoms with van der Waals surface area (Å²) < 4.78 is 0. The summed E-state index contributed by atoms with van der Waals surface area (Å²) in [5, 5.41) is 6.01. The van der Waals surface area contributed by atoms with Crippen LogP contribution in [-0.4, -0.2) is 48.9 Å². The second-order valence-corrected chi connectivity index (χ2v) is 5.38. The van der Waals surface area contributed by atoms with Gasteiger partial charge in [0.05, 0.1) is 0 Å². The van der Waals surface area contributed by atoms with Gasteiger partial charge >= 0.3 is 0 Å². The average molecular weight is 253 g/mol. The number of piperidine rings is 1. The third-order valence-corrected chi connectivity index (χ3v) is 4.06. The third-order valence-electron chi connectivity index (χ3n) is 4.06. The molecule has 2 heterocycles. The number of nitrogens with one attached hydrogen (secondary N) is 2. The number of hydrogen-bond donors (Lipinski definition) is 2. The van der Waals surface area contributed by atoms with Gasteiger partial charge in [-0.2, -0.15) is 0 Å². The molecule has 3 atom stereocenters. The number of likely N-dealkylation sites (N-methyl/N-ethyl adjacent to an activating group) is 1. The lowest BCUT2D eigenvalue weighted by Gasteiger charge is -2.32. The smallest absolute Gasteiger partial charge is 0.242 e. The van der Waals surface area contributed by atoms with Crippen LogP contribution in [0.5, 0.6) is 0 Å². The molecule has 0 aromatic rings. The molecule has 2 N–H and O–H groups in total. The molecular formula is C13H23N3O2. The average Bonchev–Trinajstić information content (AvgIpc) is 2.86. The Hall–Kier alpha value is -1.10. The Balaban J connectivity index is 2.01. The number of carbonyl (C=O) groups is 2. The van der Waals surface area contributed by atoms with Gasteiger partial charge in [-0.3, -0.25) is 9.59 Å². The highest BCUT2D eigenvalue weighted by molar-refractivity contribution is 5.89. The highest BCUT2D eigenvalue weighted by Crippen LogP contribution is 2.25. The summed E-state index contributed by atoms with van der Waals surface area (Å²) in [6.07, 6.45) is 3.51. The molecule has 2 aliphatic heterocycles. The van der Waals surface area contributed by atoms with Crippen molar-refractivity contribution in [1.82, 2.24) is 15.5 Å². The number of likely N-dealkylation sites (tertiary alicyclic amines) is 1. The largest absolute Gasteiger partial charge is 0.357 e. The predicted octanol–water partition coefficient (Wildman–Crippen LogP) is 0.112. The van der Waals surface area contributed by atoms with Crippen LogP contribution >= 0.6 is 0 Å². The normalized spacial score (nSPS) is 32.3. The van der Waals surface area contributed by atoms with Crippen LogP contribution in [0.1, 0.15) is 32.6 Å². The van der Waals surface area contributed by atoms with E-state index in [0.717, 1.165) is 38.8 Å². The molecule has 2 saturated heterocycles. The maximum absolute atomic E-state index is 12.5. The van der Waals surface area contributed by atoms with Crippen molar-refractivity contribution < 1.29 is 9.59 Å². The second kappa shape index (κ2) is 5.69. The van der Waals surface area contributed by atoms with Crippen LogP contribution in [0.4, 0.5) is 0 Å². The second-order valence-electron chi connectivity index (χ2n) is 5.38. The highest BCUT2D eigenvalue weighted by atomic mass is 16.2. The van der Waals surface area contributed by atoms with Crippen molar-refractivity contribution in [1.29, 1.82) is 0 Å². The van der Waals surface area contributed by atoms with E-state index in [2.05, 4.69) is 17.6 Å². The van der Waals surface area contributed by atoms with Gasteiger partial charge in [-0.05, 0) is 39.2 Å². The molecule has 0 aromatic carbocycles. The van der Waals surface area contributed by atoms with Crippen molar-refractivity contribution in [2.45, 2.75) is 44.7 Å². The van der Waals surface area contributed by atoms with Gasteiger partial charge in [0.2, 0.25) is 11.8 Å². The lowest BCUT2D eigenvalue weighted by molar-refractivity contribution is -0.142. The van der Waals surface area contributed by atoms with E-state index in [1.807, 2.05) is 0 Å². The molecule has 5 heteroatoms. The van der Waals surface area contributed by atoms with E-state index in [-0.39, 0.29) is 23.8 Å². The van der Waals surface area contributed by atoms with Crippen molar-refractivity contribution >= 4 is 11.8 Å². The van der Waals surface area contributed by atoms with E-state index in [1.165, 1.54) is 0 Å². The van der Waals surface area contributed by atoms with Gasteiger partial charge in [-0.25, -0.2) is 0 Å². The number of nitrogens with zero attached hydrogens (tertiary/aromatic N) is 1. The molecule has 2 amide bonds. The molecule has 2 fully saturated rings. The van der Waals surface area contributed by atoms with Crippen LogP contribution in [-0.2, 0) is 9.59 Å². The van der Waals surface area contributed by atoms with Gasteiger partial charge in [-0.15, -0.1) is 0 Å². The first-order valence-electron chi connectivity index (χ1n) is 6.89. The molecule has 0 bridgehead atoms. The van der Waals surface area contributed by atoms with Crippen molar-refractivity contribution in [2.75, 3.05) is 20.1 Å². The molecule has 3 unspecified atom stereocenters. The van der Waals surface area contributed by atoms with Crippen molar-refractivity contribution in [2.24, 2.45) is 5.92 Å². The lowest BCUT2D eigenvalue weighted by atomic mass is 9.91. The monoisotopic (exact) mass is 253 g/mol. The topological polar surface area (TPSA) is 61.4 Å². The maximum Gasteiger partial charge on any atom is 0.242 e. The Labute approximate surface area is 108 Å². The Kier molecular flexibility index (Phi) is 4.22. The molecule has 0 saturated carbocycles. The van der Waals surface area contributed by atoms with Crippen LogP contribution in [0.15, 0.2) is 0 Å². The van der Waals surface area contributed by atoms with Gasteiger partial charge in [0.25, 0.3) is 0 Å². The number of rotatable bonds is 2. The first kappa shape index (κ1) is 13.3. The van der Waals surface area contributed by atoms with Crippen molar-refractivity contribution in [3.05, 3.63) is 0 Å². The Morgan fingerprint density at radius 3 is 2.78 bits per heavy atom. The fourth-order valence-corrected chi connectivity index (χ4v) is 3.06. The van der Waals surface area contributed by atoms with Crippen LogP contribution in [0, 0.1) is 5.92 Å². The molecule has 0 aromatic heterocycles. The molecule has 18 heavy (non-hydrogen) atoms. The van der Waals surface area contributed by atoms with Crippen LogP contribution in [0.25, 0.3) is 0 Å². The molecular weight excluding hydrogens is 230 g/mol. The standard InChI is InChI=1S/C13H23N3O2/c1-9-8-10(5-6-15-9)13(18)16-7-3-4-11(16)12(17)14-2/h9-11,15H,3-8H2,1-2H3,(H,14,17). The SMILES string of the molecule is CNC(=O)C1CCCN1C(=O)C1CCNC(C)C1. The van der Waals surface area contributed by atoms with E-state index in [4.69, 9.17) is 0 Å². The molecule has 2 aliphatic rings. The number of amides is 2. The number of hydrogen-bond acceptors (Lipinski definition) is 3. The molecule has 0 aliphatic carbocycles. The fourth-order valence-electron chi connectivity index (χ4n) is 3.06. The Bertz CT molecular complexity index is 332. The zero-order valence-electron chi connectivity index (χ0n) is 11.2. The summed E-state index contributed by atoms with van der Waals surface area (Å²) in [6.45, 7) is 3.74. The summed E-state index contributed by atoms with van der Waals surface area (Å²) in [4.78, 5) is 26.0. The van der Waals surface area contributed by atoms with Crippen LogP contribution in [0.3, 0.4) is 0 Å². The minimum atomic E-state index is -0.243. The maximum atomic E-state index is 12.5. The quantitative estimate of drug-likeness (QED) is 0.734. The first-order chi connectivity index (χ1) is 8.63. The fraction of sp³-hybridized carbons (Fsp3) is 0.846. The van der Waals surface area contributed by atoms with Gasteiger partial charge in [-0.1, -0.05) is 0 Å². The first-order valence-corrected chi connectivity index (χ1v) is 6.89. The summed E-state index contributed by atoms with van der Waals surface area (Å²) >= 11 is 0. The summed E-state index contributed by atoms with van der Waals surface area (Å²) in [5.41, 5.74) is 0. The van der Waals surface area contributed by atoms with E-state index >= 15 is 0 Å². The Morgan fingerprint density at radius 1 is 1.33 bits per heavy atom. The summed E-state index contributed by atoms with van der Waals surface area (Å²) in [7, 11) is 1.63. The molecule has 2 rings (SSSR count). The Morgan fingerprint density at radius 2 is 2.11 bits per heavy atom. The van der Waals surface area contributed by atoms with Gasteiger partial charge in [0.15, 0.2) is 0 Å². The van der Waals surface area contributed by atoms with Gasteiger partial charge in [0.1, 0.15) is 6.04 Å². The van der Waals surface area contributed by atoms with Crippen LogP contribution in [0.2, 0.25) is 0 Å². The molecule has 102 valence electrons. The lowest BCUT2D eigenvalue weighted by Crippen LogP contribution is -2.49. The molecule has 5 nitrogen and oxygen atoms in total. The van der Waals surface area contributed by atoms with Crippen molar-refractivity contribution in [3.63, 3.8) is 0 Å². The molecule has 0 spiro atoms. The van der Waals surface area contributed by atoms with E-state index in [0.29, 0.717) is 6.04 Å². The van der Waals surface area contributed by atoms with E-state index in [9.17, 15) is 9.59 Å². The van der Waals surface area contributed by atoms with Crippen molar-refractivity contribution in [3.8, 4) is 0 Å². The summed E-state index contributed by atoms with van der Waals surface area (Å²) in [5.74, 6) is 0.240. The third kappa shape index (κ3) is 2.66. The van der Waals surface area contributed by atoms with Crippen LogP contribution < -0.4 is 10.6 Å². The molecule has 0 radical (unpaired) electrons. The predicted molar refractivity (Wildman–Crippen MR) is 69.0 cm³/mol. The zero-order chi connectivity index (χ0) is 13.1. The van der Waals surface area contributed by atoms with Gasteiger partial charge < -0.3 is 15.5 Å².